The summed E-state index contributed by atoms with van der Waals surface area (Å²) >= 11 is 8.10. The summed E-state index contributed by atoms with van der Waals surface area (Å²) in [6.07, 6.45) is 0. The summed E-state index contributed by atoms with van der Waals surface area (Å²) in [4.78, 5) is 13.9. The number of hydrogen-bond acceptors (Lipinski definition) is 3. The van der Waals surface area contributed by atoms with E-state index in [1.807, 2.05) is 22.6 Å². The van der Waals surface area contributed by atoms with E-state index < -0.39 is 0 Å². The van der Waals surface area contributed by atoms with Gasteiger partial charge in [-0.3, -0.25) is 4.79 Å². The van der Waals surface area contributed by atoms with Crippen LogP contribution >= 0.6 is 34.2 Å². The second-order valence-electron chi connectivity index (χ2n) is 4.68. The van der Waals surface area contributed by atoms with E-state index in [0.717, 1.165) is 5.56 Å². The minimum absolute atomic E-state index is 0.0943. The Labute approximate surface area is 141 Å². The SMILES string of the molecule is CN(Cc1cc(N)ccc1Cl)C(=O)c1ccc(I)c(O)c1. The van der Waals surface area contributed by atoms with Crippen LogP contribution < -0.4 is 5.73 Å². The van der Waals surface area contributed by atoms with Gasteiger partial charge < -0.3 is 15.7 Å². The molecule has 0 radical (unpaired) electrons. The Kier molecular flexibility index (Phi) is 4.95. The van der Waals surface area contributed by atoms with Gasteiger partial charge in [0.25, 0.3) is 5.91 Å². The normalized spacial score (nSPS) is 10.4. The van der Waals surface area contributed by atoms with Crippen LogP contribution in [0.5, 0.6) is 5.75 Å². The third-order valence-corrected chi connectivity index (χ3v) is 4.30. The summed E-state index contributed by atoms with van der Waals surface area (Å²) in [6.45, 7) is 0.343. The number of nitrogens with two attached hydrogens (primary N) is 1. The minimum atomic E-state index is -0.194. The van der Waals surface area contributed by atoms with Crippen LogP contribution in [0.1, 0.15) is 15.9 Å². The topological polar surface area (TPSA) is 66.6 Å². The van der Waals surface area contributed by atoms with Gasteiger partial charge in [0.05, 0.1) is 3.57 Å². The molecule has 2 aromatic rings. The maximum atomic E-state index is 12.3. The Morgan fingerprint density at radius 2 is 2.05 bits per heavy atom. The largest absolute Gasteiger partial charge is 0.507 e. The molecule has 2 aromatic carbocycles. The molecule has 0 spiro atoms. The van der Waals surface area contributed by atoms with E-state index in [0.29, 0.717) is 26.4 Å². The number of halogens is 2. The number of phenolic OH excluding ortho intramolecular Hbond substituents is 1. The monoisotopic (exact) mass is 416 g/mol. The van der Waals surface area contributed by atoms with Gasteiger partial charge in [0.2, 0.25) is 0 Å². The van der Waals surface area contributed by atoms with Crippen LogP contribution in [0.3, 0.4) is 0 Å². The zero-order chi connectivity index (χ0) is 15.6. The maximum Gasteiger partial charge on any atom is 0.254 e. The molecule has 110 valence electrons. The molecule has 2 rings (SSSR count). The van der Waals surface area contributed by atoms with Crippen molar-refractivity contribution in [2.45, 2.75) is 6.54 Å². The van der Waals surface area contributed by atoms with Crippen LogP contribution in [0.15, 0.2) is 36.4 Å². The quantitative estimate of drug-likeness (QED) is 0.594. The predicted octanol–water partition coefficient (Wildman–Crippen LogP) is 3.50. The highest BCUT2D eigenvalue weighted by molar-refractivity contribution is 14.1. The first-order valence-corrected chi connectivity index (χ1v) is 7.62. The molecule has 0 aliphatic rings. The summed E-state index contributed by atoms with van der Waals surface area (Å²) in [7, 11) is 1.68. The highest BCUT2D eigenvalue weighted by Gasteiger charge is 2.15. The summed E-state index contributed by atoms with van der Waals surface area (Å²) < 4.78 is 0.700. The predicted molar refractivity (Wildman–Crippen MR) is 92.5 cm³/mol. The zero-order valence-corrected chi connectivity index (χ0v) is 14.2. The summed E-state index contributed by atoms with van der Waals surface area (Å²) in [6, 6.07) is 10.0. The lowest BCUT2D eigenvalue weighted by Crippen LogP contribution is -2.26. The van der Waals surface area contributed by atoms with Crippen molar-refractivity contribution in [2.24, 2.45) is 0 Å². The van der Waals surface area contributed by atoms with E-state index in [4.69, 9.17) is 17.3 Å². The van der Waals surface area contributed by atoms with Gasteiger partial charge in [-0.15, -0.1) is 0 Å². The third kappa shape index (κ3) is 3.79. The van der Waals surface area contributed by atoms with E-state index >= 15 is 0 Å². The van der Waals surface area contributed by atoms with E-state index in [1.165, 1.54) is 11.0 Å². The Balaban J connectivity index is 2.19. The Bertz CT molecular complexity index is 691. The van der Waals surface area contributed by atoms with Crippen molar-refractivity contribution < 1.29 is 9.90 Å². The molecule has 0 aliphatic carbocycles. The van der Waals surface area contributed by atoms with Crippen molar-refractivity contribution >= 4 is 45.8 Å². The number of aromatic hydroxyl groups is 1. The van der Waals surface area contributed by atoms with E-state index in [2.05, 4.69) is 0 Å². The molecule has 0 aromatic heterocycles. The molecule has 0 saturated heterocycles. The molecule has 0 heterocycles. The van der Waals surface area contributed by atoms with Crippen LogP contribution in [0, 0.1) is 3.57 Å². The van der Waals surface area contributed by atoms with Gasteiger partial charge in [-0.25, -0.2) is 0 Å². The molecular weight excluding hydrogens is 403 g/mol. The number of rotatable bonds is 3. The molecule has 1 amide bonds. The molecule has 6 heteroatoms. The summed E-state index contributed by atoms with van der Waals surface area (Å²) in [5, 5.41) is 10.2. The maximum absolute atomic E-state index is 12.3. The van der Waals surface area contributed by atoms with Crippen LogP contribution in [-0.2, 0) is 6.54 Å². The number of carbonyl (C=O) groups excluding carboxylic acids is 1. The molecule has 0 bridgehead atoms. The fraction of sp³-hybridized carbons (Fsp3) is 0.133. The highest BCUT2D eigenvalue weighted by Crippen LogP contribution is 2.23. The van der Waals surface area contributed by atoms with Crippen molar-refractivity contribution in [3.05, 3.63) is 56.1 Å². The second kappa shape index (κ2) is 6.53. The van der Waals surface area contributed by atoms with Crippen LogP contribution in [-0.4, -0.2) is 23.0 Å². The van der Waals surface area contributed by atoms with Gasteiger partial charge in [0.1, 0.15) is 5.75 Å². The van der Waals surface area contributed by atoms with Gasteiger partial charge in [-0.05, 0) is 64.6 Å². The van der Waals surface area contributed by atoms with Crippen LogP contribution in [0.2, 0.25) is 5.02 Å². The average Bonchev–Trinajstić information content (AvgIpc) is 2.45. The molecule has 0 aliphatic heterocycles. The van der Waals surface area contributed by atoms with Crippen molar-refractivity contribution in [1.82, 2.24) is 4.90 Å². The number of phenols is 1. The lowest BCUT2D eigenvalue weighted by Gasteiger charge is -2.18. The second-order valence-corrected chi connectivity index (χ2v) is 6.25. The van der Waals surface area contributed by atoms with E-state index in [-0.39, 0.29) is 11.7 Å². The minimum Gasteiger partial charge on any atom is -0.507 e. The molecule has 0 fully saturated rings. The molecule has 4 nitrogen and oxygen atoms in total. The number of nitrogens with zero attached hydrogens (tertiary/aromatic N) is 1. The first-order chi connectivity index (χ1) is 9.88. The first kappa shape index (κ1) is 15.9. The van der Waals surface area contributed by atoms with Crippen molar-refractivity contribution in [3.8, 4) is 5.75 Å². The summed E-state index contributed by atoms with van der Waals surface area (Å²) in [5.74, 6) is -0.1000. The molecule has 3 N–H and O–H groups in total. The molecule has 21 heavy (non-hydrogen) atoms. The van der Waals surface area contributed by atoms with E-state index in [1.54, 1.807) is 37.4 Å². The molecular formula is C15H14ClIN2O2. The molecule has 0 atom stereocenters. The summed E-state index contributed by atoms with van der Waals surface area (Å²) in [5.41, 5.74) is 7.54. The molecule has 0 saturated carbocycles. The fourth-order valence-corrected chi connectivity index (χ4v) is 2.42. The third-order valence-electron chi connectivity index (χ3n) is 3.02. The lowest BCUT2D eigenvalue weighted by molar-refractivity contribution is 0.0784. The Morgan fingerprint density at radius 1 is 1.33 bits per heavy atom. The number of benzene rings is 2. The number of hydrogen-bond donors (Lipinski definition) is 2. The average molecular weight is 417 g/mol. The van der Waals surface area contributed by atoms with Gasteiger partial charge in [0, 0.05) is 29.9 Å². The highest BCUT2D eigenvalue weighted by atomic mass is 127. The number of amides is 1. The first-order valence-electron chi connectivity index (χ1n) is 6.16. The van der Waals surface area contributed by atoms with Crippen molar-refractivity contribution in [3.63, 3.8) is 0 Å². The number of anilines is 1. The Hall–Kier alpha value is -1.47. The Morgan fingerprint density at radius 3 is 2.71 bits per heavy atom. The van der Waals surface area contributed by atoms with Gasteiger partial charge in [0.15, 0.2) is 0 Å². The van der Waals surface area contributed by atoms with Crippen molar-refractivity contribution in [1.29, 1.82) is 0 Å². The van der Waals surface area contributed by atoms with Gasteiger partial charge in [-0.2, -0.15) is 0 Å². The zero-order valence-electron chi connectivity index (χ0n) is 11.3. The van der Waals surface area contributed by atoms with Crippen molar-refractivity contribution in [2.75, 3.05) is 12.8 Å². The van der Waals surface area contributed by atoms with Gasteiger partial charge >= 0.3 is 0 Å². The number of carbonyl (C=O) groups is 1. The number of nitrogen functional groups attached to an aromatic ring is 1. The van der Waals surface area contributed by atoms with Crippen LogP contribution in [0.25, 0.3) is 0 Å². The lowest BCUT2D eigenvalue weighted by atomic mass is 10.1. The van der Waals surface area contributed by atoms with E-state index in [9.17, 15) is 9.90 Å². The van der Waals surface area contributed by atoms with Crippen LogP contribution in [0.4, 0.5) is 5.69 Å². The smallest absolute Gasteiger partial charge is 0.254 e. The standard InChI is InChI=1S/C15H14ClIN2O2/c1-19(8-10-6-11(18)3-4-12(10)16)15(21)9-2-5-13(17)14(20)7-9/h2-7,20H,8,18H2,1H3. The van der Waals surface area contributed by atoms with Gasteiger partial charge in [-0.1, -0.05) is 11.6 Å². The molecule has 0 unspecified atom stereocenters. The fourth-order valence-electron chi connectivity index (χ4n) is 1.91.